The van der Waals surface area contributed by atoms with Gasteiger partial charge in [0.1, 0.15) is 5.76 Å². The van der Waals surface area contributed by atoms with Crippen molar-refractivity contribution in [2.24, 2.45) is 16.1 Å². The van der Waals surface area contributed by atoms with Crippen molar-refractivity contribution in [2.45, 2.75) is 20.4 Å². The molecule has 0 spiro atoms. The van der Waals surface area contributed by atoms with Gasteiger partial charge < -0.3 is 13.9 Å². The summed E-state index contributed by atoms with van der Waals surface area (Å²) in [5, 5.41) is 9.62. The zero-order valence-electron chi connectivity index (χ0n) is 20.2. The molecule has 4 rings (SSSR count). The molecule has 2 heterocycles. The number of hydrogen-bond acceptors (Lipinski definition) is 7. The lowest BCUT2D eigenvalue weighted by atomic mass is 10.1. The first-order valence-electron chi connectivity index (χ1n) is 11.3. The van der Waals surface area contributed by atoms with E-state index in [-0.39, 0.29) is 12.5 Å². The first kappa shape index (κ1) is 25.6. The van der Waals surface area contributed by atoms with Crippen LogP contribution >= 0.6 is 23.4 Å². The van der Waals surface area contributed by atoms with Crippen molar-refractivity contribution in [3.05, 3.63) is 87.7 Å². The van der Waals surface area contributed by atoms with Gasteiger partial charge in [-0.2, -0.15) is 5.10 Å². The molecule has 1 aliphatic heterocycles. The Bertz CT molecular complexity index is 1280. The second-order valence-corrected chi connectivity index (χ2v) is 9.82. The van der Waals surface area contributed by atoms with Gasteiger partial charge in [0.05, 0.1) is 37.6 Å². The molecule has 186 valence electrons. The highest BCUT2D eigenvalue weighted by molar-refractivity contribution is 8.18. The number of amides is 1. The molecule has 1 fully saturated rings. The van der Waals surface area contributed by atoms with Gasteiger partial charge in [-0.25, -0.2) is 0 Å². The van der Waals surface area contributed by atoms with Gasteiger partial charge in [-0.05, 0) is 71.3 Å². The van der Waals surface area contributed by atoms with Crippen LogP contribution in [0, 0.1) is 5.92 Å². The number of methoxy groups -OCH3 is 1. The quantitative estimate of drug-likeness (QED) is 0.182. The number of furan rings is 1. The van der Waals surface area contributed by atoms with Crippen molar-refractivity contribution in [3.63, 3.8) is 0 Å². The Kier molecular flexibility index (Phi) is 8.51. The van der Waals surface area contributed by atoms with Gasteiger partial charge in [-0.3, -0.25) is 9.69 Å². The number of carbonyl (C=O) groups is 1. The molecule has 0 bridgehead atoms. The molecule has 0 aliphatic carbocycles. The highest BCUT2D eigenvalue weighted by Gasteiger charge is 2.34. The maximum absolute atomic E-state index is 13.3. The fourth-order valence-corrected chi connectivity index (χ4v) is 4.34. The minimum Gasteiger partial charge on any atom is -0.493 e. The predicted octanol–water partition coefficient (Wildman–Crippen LogP) is 6.48. The van der Waals surface area contributed by atoms with Gasteiger partial charge >= 0.3 is 0 Å². The van der Waals surface area contributed by atoms with E-state index < -0.39 is 0 Å². The summed E-state index contributed by atoms with van der Waals surface area (Å²) in [4.78, 5) is 15.4. The standard InChI is InChI=1S/C27H26ClN3O4S/c1-18(2)17-35-23-11-8-20(13-24(23)33-3)14-25-26(32)31(16-22-5-4-12-34-22)27(36-25)30-29-15-19-6-9-21(28)10-7-19/h4-15,18H,16-17H2,1-3H3/b25-14-,29-15-,30-27+. The normalized spacial score (nSPS) is 16.1. The molecule has 9 heteroatoms. The van der Waals surface area contributed by atoms with Crippen LogP contribution in [0.25, 0.3) is 6.08 Å². The van der Waals surface area contributed by atoms with Crippen LogP contribution in [0.15, 0.2) is 80.4 Å². The van der Waals surface area contributed by atoms with E-state index >= 15 is 0 Å². The number of rotatable bonds is 9. The Labute approximate surface area is 219 Å². The average Bonchev–Trinajstić information content (AvgIpc) is 3.48. The van der Waals surface area contributed by atoms with Crippen LogP contribution in [0.5, 0.6) is 11.5 Å². The van der Waals surface area contributed by atoms with Gasteiger partial charge in [0.2, 0.25) is 0 Å². The molecule has 0 unspecified atom stereocenters. The number of hydrogen-bond donors (Lipinski definition) is 0. The molecule has 0 N–H and O–H groups in total. The van der Waals surface area contributed by atoms with Crippen LogP contribution in [0.1, 0.15) is 30.7 Å². The summed E-state index contributed by atoms with van der Waals surface area (Å²) in [6, 6.07) is 16.4. The van der Waals surface area contributed by atoms with Gasteiger partial charge in [0.25, 0.3) is 5.91 Å². The second-order valence-electron chi connectivity index (χ2n) is 8.38. The Hall–Kier alpha value is -3.49. The number of ether oxygens (including phenoxy) is 2. The lowest BCUT2D eigenvalue weighted by molar-refractivity contribution is -0.122. The van der Waals surface area contributed by atoms with Crippen molar-refractivity contribution in [1.82, 2.24) is 4.90 Å². The van der Waals surface area contributed by atoms with E-state index in [0.29, 0.717) is 44.9 Å². The van der Waals surface area contributed by atoms with E-state index in [1.54, 1.807) is 42.7 Å². The van der Waals surface area contributed by atoms with Crippen LogP contribution in [0.2, 0.25) is 5.02 Å². The van der Waals surface area contributed by atoms with E-state index in [1.165, 1.54) is 11.8 Å². The lowest BCUT2D eigenvalue weighted by Gasteiger charge is -2.13. The molecule has 0 saturated carbocycles. The van der Waals surface area contributed by atoms with E-state index in [2.05, 4.69) is 24.1 Å². The van der Waals surface area contributed by atoms with Crippen molar-refractivity contribution in [1.29, 1.82) is 0 Å². The summed E-state index contributed by atoms with van der Waals surface area (Å²) in [5.41, 5.74) is 1.65. The number of carbonyl (C=O) groups excluding carboxylic acids is 1. The fraction of sp³-hybridized carbons (Fsp3) is 0.222. The number of halogens is 1. The van der Waals surface area contributed by atoms with Crippen molar-refractivity contribution < 1.29 is 18.7 Å². The lowest BCUT2D eigenvalue weighted by Crippen LogP contribution is -2.28. The van der Waals surface area contributed by atoms with Crippen LogP contribution in [-0.4, -0.2) is 35.9 Å². The van der Waals surface area contributed by atoms with Crippen LogP contribution in [0.3, 0.4) is 0 Å². The second kappa shape index (κ2) is 12.0. The summed E-state index contributed by atoms with van der Waals surface area (Å²) in [6.45, 7) is 5.00. The van der Waals surface area contributed by atoms with Crippen LogP contribution in [0.4, 0.5) is 0 Å². The monoisotopic (exact) mass is 523 g/mol. The molecule has 1 amide bonds. The molecule has 0 atom stereocenters. The number of nitrogens with zero attached hydrogens (tertiary/aromatic N) is 3. The maximum Gasteiger partial charge on any atom is 0.267 e. The summed E-state index contributed by atoms with van der Waals surface area (Å²) in [6.07, 6.45) is 4.99. The predicted molar refractivity (Wildman–Crippen MR) is 145 cm³/mol. The Balaban J connectivity index is 1.59. The third kappa shape index (κ3) is 6.59. The van der Waals surface area contributed by atoms with Gasteiger partial charge in [-0.1, -0.05) is 43.6 Å². The molecule has 1 aliphatic rings. The number of amidine groups is 1. The van der Waals surface area contributed by atoms with Crippen LogP contribution in [-0.2, 0) is 11.3 Å². The minimum atomic E-state index is -0.184. The summed E-state index contributed by atoms with van der Waals surface area (Å²) in [7, 11) is 1.60. The first-order valence-corrected chi connectivity index (χ1v) is 12.5. The highest BCUT2D eigenvalue weighted by atomic mass is 35.5. The van der Waals surface area contributed by atoms with E-state index in [1.807, 2.05) is 42.5 Å². The summed E-state index contributed by atoms with van der Waals surface area (Å²) in [5.74, 6) is 2.12. The third-order valence-electron chi connectivity index (χ3n) is 5.06. The minimum absolute atomic E-state index is 0.184. The van der Waals surface area contributed by atoms with E-state index in [4.69, 9.17) is 25.5 Å². The molecule has 7 nitrogen and oxygen atoms in total. The molecule has 1 aromatic heterocycles. The average molecular weight is 524 g/mol. The molecular weight excluding hydrogens is 498 g/mol. The Morgan fingerprint density at radius 1 is 1.11 bits per heavy atom. The maximum atomic E-state index is 13.3. The zero-order chi connectivity index (χ0) is 25.5. The topological polar surface area (TPSA) is 76.6 Å². The van der Waals surface area contributed by atoms with Gasteiger partial charge in [0, 0.05) is 5.02 Å². The fourth-order valence-electron chi connectivity index (χ4n) is 3.28. The molecule has 36 heavy (non-hydrogen) atoms. The largest absolute Gasteiger partial charge is 0.493 e. The number of benzene rings is 2. The molecule has 1 saturated heterocycles. The Morgan fingerprint density at radius 3 is 2.58 bits per heavy atom. The summed E-state index contributed by atoms with van der Waals surface area (Å²) < 4.78 is 16.8. The van der Waals surface area contributed by atoms with Gasteiger partial charge in [0.15, 0.2) is 16.7 Å². The highest BCUT2D eigenvalue weighted by Crippen LogP contribution is 2.35. The smallest absolute Gasteiger partial charge is 0.267 e. The van der Waals surface area contributed by atoms with Gasteiger partial charge in [-0.15, -0.1) is 5.10 Å². The van der Waals surface area contributed by atoms with Crippen molar-refractivity contribution in [3.8, 4) is 11.5 Å². The van der Waals surface area contributed by atoms with E-state index in [9.17, 15) is 4.79 Å². The van der Waals surface area contributed by atoms with Crippen molar-refractivity contribution in [2.75, 3.05) is 13.7 Å². The van der Waals surface area contributed by atoms with E-state index in [0.717, 1.165) is 11.1 Å². The van der Waals surface area contributed by atoms with Crippen LogP contribution < -0.4 is 9.47 Å². The third-order valence-corrected chi connectivity index (χ3v) is 6.31. The number of thioether (sulfide) groups is 1. The zero-order valence-corrected chi connectivity index (χ0v) is 21.8. The molecule has 0 radical (unpaired) electrons. The SMILES string of the molecule is COc1cc(/C=C2\S/C(=N/N=C\c3ccc(Cl)cc3)N(Cc3ccco3)C2=O)ccc1OCC(C)C. The molecule has 2 aromatic carbocycles. The summed E-state index contributed by atoms with van der Waals surface area (Å²) >= 11 is 7.19. The first-order chi connectivity index (χ1) is 17.4. The molecular formula is C27H26ClN3O4S. The Morgan fingerprint density at radius 2 is 1.89 bits per heavy atom. The molecule has 3 aromatic rings. The van der Waals surface area contributed by atoms with Crippen molar-refractivity contribution >= 4 is 46.7 Å².